The van der Waals surface area contributed by atoms with Gasteiger partial charge in [-0.1, -0.05) is 6.07 Å². The highest BCUT2D eigenvalue weighted by Gasteiger charge is 2.32. The van der Waals surface area contributed by atoms with Crippen LogP contribution in [0.2, 0.25) is 0 Å². The van der Waals surface area contributed by atoms with Gasteiger partial charge in [-0.05, 0) is 61.7 Å². The van der Waals surface area contributed by atoms with Gasteiger partial charge in [0.25, 0.3) is 0 Å². The van der Waals surface area contributed by atoms with Gasteiger partial charge >= 0.3 is 12.1 Å². The Bertz CT molecular complexity index is 1110. The van der Waals surface area contributed by atoms with E-state index in [-0.39, 0.29) is 23.8 Å². The predicted octanol–water partition coefficient (Wildman–Crippen LogP) is 4.27. The smallest absolute Gasteiger partial charge is 0.406 e. The average Bonchev–Trinajstić information content (AvgIpc) is 3.29. The number of nitrogens with one attached hydrogen (secondary N) is 2. The number of aryl methyl sites for hydroxylation is 1. The highest BCUT2D eigenvalue weighted by molar-refractivity contribution is 5.78. The van der Waals surface area contributed by atoms with E-state index in [0.717, 1.165) is 48.3 Å². The summed E-state index contributed by atoms with van der Waals surface area (Å²) in [6.07, 6.45) is -0.251. The van der Waals surface area contributed by atoms with Crippen molar-refractivity contribution in [2.24, 2.45) is 0 Å². The summed E-state index contributed by atoms with van der Waals surface area (Å²) in [5.41, 5.74) is 1.91. The fourth-order valence-corrected chi connectivity index (χ4v) is 3.40. The standard InChI is InChI=1S/C22H20F3N5O2/c1-13-9-15(11-16(10-13)29-21-27-8-6-18(30-21)22(23,24)25)14-4-5-19(28-12-14)32-20(31)17-3-2-7-26-17/h4-6,8-12,17,26H,2-3,7H2,1H3,(H,27,29,30)/t17-/m1/s1. The van der Waals surface area contributed by atoms with Gasteiger partial charge in [-0.25, -0.2) is 19.7 Å². The molecule has 32 heavy (non-hydrogen) atoms. The van der Waals surface area contributed by atoms with Gasteiger partial charge in [-0.3, -0.25) is 0 Å². The monoisotopic (exact) mass is 443 g/mol. The molecule has 0 amide bonds. The number of hydrogen-bond acceptors (Lipinski definition) is 7. The number of nitrogens with zero attached hydrogens (tertiary/aromatic N) is 3. The molecule has 0 radical (unpaired) electrons. The molecule has 0 saturated carbocycles. The van der Waals surface area contributed by atoms with Crippen molar-refractivity contribution < 1.29 is 22.7 Å². The fourth-order valence-electron chi connectivity index (χ4n) is 3.40. The molecule has 0 bridgehead atoms. The molecule has 0 spiro atoms. The van der Waals surface area contributed by atoms with Gasteiger partial charge in [-0.2, -0.15) is 13.2 Å². The van der Waals surface area contributed by atoms with E-state index >= 15 is 0 Å². The number of pyridine rings is 1. The lowest BCUT2D eigenvalue weighted by molar-refractivity contribution is -0.141. The third-order valence-corrected chi connectivity index (χ3v) is 4.90. The van der Waals surface area contributed by atoms with E-state index < -0.39 is 11.9 Å². The van der Waals surface area contributed by atoms with E-state index in [0.29, 0.717) is 5.69 Å². The molecule has 3 aromatic rings. The summed E-state index contributed by atoms with van der Waals surface area (Å²) in [6.45, 7) is 2.65. The number of ether oxygens (including phenoxy) is 1. The highest BCUT2D eigenvalue weighted by atomic mass is 19.4. The molecule has 7 nitrogen and oxygen atoms in total. The molecule has 0 aliphatic carbocycles. The van der Waals surface area contributed by atoms with Crippen molar-refractivity contribution in [3.8, 4) is 17.0 Å². The summed E-state index contributed by atoms with van der Waals surface area (Å²) in [6, 6.07) is 9.30. The minimum Gasteiger partial charge on any atom is -0.406 e. The van der Waals surface area contributed by atoms with Crippen LogP contribution in [0.15, 0.2) is 48.8 Å². The van der Waals surface area contributed by atoms with Crippen LogP contribution in [0.3, 0.4) is 0 Å². The SMILES string of the molecule is Cc1cc(Nc2nccc(C(F)(F)F)n2)cc(-c2ccc(OC(=O)[C@H]3CCCN3)nc2)c1. The molecule has 1 aliphatic rings. The lowest BCUT2D eigenvalue weighted by Crippen LogP contribution is -2.34. The Morgan fingerprint density at radius 1 is 1.16 bits per heavy atom. The first-order valence-electron chi connectivity index (χ1n) is 9.98. The van der Waals surface area contributed by atoms with E-state index in [4.69, 9.17) is 4.74 Å². The Labute approximate surface area is 182 Å². The van der Waals surface area contributed by atoms with Gasteiger partial charge in [0.2, 0.25) is 11.8 Å². The maximum Gasteiger partial charge on any atom is 0.433 e. The molecule has 0 unspecified atom stereocenters. The van der Waals surface area contributed by atoms with Gasteiger partial charge in [0.1, 0.15) is 11.7 Å². The molecule has 3 heterocycles. The van der Waals surface area contributed by atoms with Crippen LogP contribution in [0.4, 0.5) is 24.8 Å². The number of carbonyl (C=O) groups is 1. The van der Waals surface area contributed by atoms with Crippen molar-refractivity contribution >= 4 is 17.6 Å². The first-order chi connectivity index (χ1) is 15.3. The molecule has 166 valence electrons. The number of rotatable bonds is 5. The maximum atomic E-state index is 12.9. The van der Waals surface area contributed by atoms with Crippen LogP contribution in [0.25, 0.3) is 11.1 Å². The van der Waals surface area contributed by atoms with Gasteiger partial charge in [0.05, 0.1) is 0 Å². The summed E-state index contributed by atoms with van der Waals surface area (Å²) < 4.78 is 44.0. The predicted molar refractivity (Wildman–Crippen MR) is 111 cm³/mol. The van der Waals surface area contributed by atoms with E-state index in [1.165, 1.54) is 0 Å². The molecule has 10 heteroatoms. The van der Waals surface area contributed by atoms with Crippen LogP contribution < -0.4 is 15.4 Å². The Balaban J connectivity index is 1.50. The molecule has 2 aromatic heterocycles. The maximum absolute atomic E-state index is 12.9. The summed E-state index contributed by atoms with van der Waals surface area (Å²) in [5, 5.41) is 5.89. The minimum absolute atomic E-state index is 0.155. The third-order valence-electron chi connectivity index (χ3n) is 4.90. The van der Waals surface area contributed by atoms with E-state index in [9.17, 15) is 18.0 Å². The van der Waals surface area contributed by atoms with Crippen molar-refractivity contribution in [1.82, 2.24) is 20.3 Å². The second kappa shape index (κ2) is 8.91. The molecule has 1 atom stereocenters. The molecule has 1 fully saturated rings. The third kappa shape index (κ3) is 5.20. The summed E-state index contributed by atoms with van der Waals surface area (Å²) >= 11 is 0. The Kier molecular flexibility index (Phi) is 6.04. The van der Waals surface area contributed by atoms with Crippen LogP contribution in [0, 0.1) is 6.92 Å². The summed E-state index contributed by atoms with van der Waals surface area (Å²) in [5.74, 6) is -0.307. The number of benzene rings is 1. The van der Waals surface area contributed by atoms with E-state index in [2.05, 4.69) is 25.6 Å². The molecular formula is C22H20F3N5O2. The number of carbonyl (C=O) groups excluding carboxylic acids is 1. The van der Waals surface area contributed by atoms with Crippen LogP contribution in [-0.4, -0.2) is 33.5 Å². The number of anilines is 2. The molecule has 1 saturated heterocycles. The fraction of sp³-hybridized carbons (Fsp3) is 0.273. The molecule has 1 aromatic carbocycles. The molecule has 4 rings (SSSR count). The zero-order valence-electron chi connectivity index (χ0n) is 17.1. The zero-order chi connectivity index (χ0) is 22.7. The van der Waals surface area contributed by atoms with Crippen molar-refractivity contribution in [1.29, 1.82) is 0 Å². The number of aromatic nitrogens is 3. The second-order valence-corrected chi connectivity index (χ2v) is 7.43. The van der Waals surface area contributed by atoms with Crippen LogP contribution in [-0.2, 0) is 11.0 Å². The van der Waals surface area contributed by atoms with Crippen molar-refractivity contribution in [2.75, 3.05) is 11.9 Å². The van der Waals surface area contributed by atoms with E-state index in [1.54, 1.807) is 30.5 Å². The first-order valence-corrected chi connectivity index (χ1v) is 9.98. The van der Waals surface area contributed by atoms with E-state index in [1.807, 2.05) is 13.0 Å². The number of halogens is 3. The van der Waals surface area contributed by atoms with Gasteiger partial charge in [-0.15, -0.1) is 0 Å². The zero-order valence-corrected chi connectivity index (χ0v) is 17.1. The Morgan fingerprint density at radius 3 is 2.69 bits per heavy atom. The number of hydrogen-bond donors (Lipinski definition) is 2. The first kappa shape index (κ1) is 21.7. The van der Waals surface area contributed by atoms with Gasteiger partial charge < -0.3 is 15.4 Å². The lowest BCUT2D eigenvalue weighted by atomic mass is 10.0. The van der Waals surface area contributed by atoms with Gasteiger partial charge in [0, 0.05) is 29.7 Å². The average molecular weight is 443 g/mol. The second-order valence-electron chi connectivity index (χ2n) is 7.43. The van der Waals surface area contributed by atoms with Crippen molar-refractivity contribution in [2.45, 2.75) is 32.0 Å². The minimum atomic E-state index is -4.55. The molecular weight excluding hydrogens is 423 g/mol. The number of alkyl halides is 3. The summed E-state index contributed by atoms with van der Waals surface area (Å²) in [7, 11) is 0. The quantitative estimate of drug-likeness (QED) is 0.570. The Morgan fingerprint density at radius 2 is 2.00 bits per heavy atom. The Hall–Kier alpha value is -3.53. The highest BCUT2D eigenvalue weighted by Crippen LogP contribution is 2.29. The largest absolute Gasteiger partial charge is 0.433 e. The van der Waals surface area contributed by atoms with Crippen LogP contribution in [0.5, 0.6) is 5.88 Å². The van der Waals surface area contributed by atoms with Crippen molar-refractivity contribution in [3.63, 3.8) is 0 Å². The molecule has 2 N–H and O–H groups in total. The van der Waals surface area contributed by atoms with Crippen LogP contribution >= 0.6 is 0 Å². The number of esters is 1. The normalized spacial score (nSPS) is 16.1. The lowest BCUT2D eigenvalue weighted by Gasteiger charge is -2.12. The van der Waals surface area contributed by atoms with Gasteiger partial charge in [0.15, 0.2) is 0 Å². The summed E-state index contributed by atoms with van der Waals surface area (Å²) in [4.78, 5) is 23.7. The molecule has 1 aliphatic heterocycles. The van der Waals surface area contributed by atoms with Crippen molar-refractivity contribution in [3.05, 3.63) is 60.0 Å². The van der Waals surface area contributed by atoms with Crippen LogP contribution in [0.1, 0.15) is 24.1 Å². The topological polar surface area (TPSA) is 89.0 Å².